The number of nitrogens with zero attached hydrogens (tertiary/aromatic N) is 1. The van der Waals surface area contributed by atoms with E-state index >= 15 is 0 Å². The van der Waals surface area contributed by atoms with Crippen LogP contribution in [0, 0.1) is 5.92 Å². The monoisotopic (exact) mass is 597 g/mol. The maximum Gasteiger partial charge on any atom is 0.326 e. The minimum absolute atomic E-state index is 0.0235. The highest BCUT2D eigenvalue weighted by molar-refractivity contribution is 5.94. The fourth-order valence-corrected chi connectivity index (χ4v) is 4.34. The van der Waals surface area contributed by atoms with Gasteiger partial charge in [0.1, 0.15) is 23.9 Å². The number of carboxylic acids is 1. The number of carbonyl (C=O) groups excluding carboxylic acids is 3. The van der Waals surface area contributed by atoms with Gasteiger partial charge in [-0.1, -0.05) is 56.3 Å². The molecule has 0 heterocycles. The van der Waals surface area contributed by atoms with E-state index in [0.29, 0.717) is 18.4 Å². The number of amides is 3. The molecule has 2 rings (SSSR count). The maximum atomic E-state index is 13.5. The van der Waals surface area contributed by atoms with Crippen LogP contribution in [0.5, 0.6) is 5.75 Å². The lowest BCUT2D eigenvalue weighted by Gasteiger charge is -2.25. The summed E-state index contributed by atoms with van der Waals surface area (Å²) in [5, 5.41) is 27.2. The molecule has 43 heavy (non-hydrogen) atoms. The maximum absolute atomic E-state index is 13.5. The van der Waals surface area contributed by atoms with Crippen molar-refractivity contribution < 1.29 is 29.4 Å². The van der Waals surface area contributed by atoms with Crippen molar-refractivity contribution in [3.8, 4) is 5.75 Å². The molecule has 0 saturated heterocycles. The van der Waals surface area contributed by atoms with E-state index in [1.54, 1.807) is 42.5 Å². The Morgan fingerprint density at radius 2 is 1.33 bits per heavy atom. The first-order valence-electron chi connectivity index (χ1n) is 14.1. The van der Waals surface area contributed by atoms with Gasteiger partial charge in [0.25, 0.3) is 0 Å². The van der Waals surface area contributed by atoms with Gasteiger partial charge in [-0.25, -0.2) is 4.79 Å². The van der Waals surface area contributed by atoms with E-state index in [0.717, 1.165) is 5.56 Å². The van der Waals surface area contributed by atoms with E-state index in [1.807, 2.05) is 13.8 Å². The number of aliphatic carboxylic acids is 1. The topological polar surface area (TPSA) is 235 Å². The fourth-order valence-electron chi connectivity index (χ4n) is 4.34. The van der Waals surface area contributed by atoms with Crippen molar-refractivity contribution in [2.75, 3.05) is 6.54 Å². The Labute approximate surface area is 251 Å². The zero-order chi connectivity index (χ0) is 31.9. The lowest BCUT2D eigenvalue weighted by Crippen LogP contribution is -2.58. The predicted octanol–water partition coefficient (Wildman–Crippen LogP) is 0.143. The summed E-state index contributed by atoms with van der Waals surface area (Å²) in [6.07, 6.45) is 0.918. The number of benzene rings is 2. The molecule has 4 unspecified atom stereocenters. The number of phenolic OH excluding ortho intramolecular Hbond substituents is 1. The molecule has 0 radical (unpaired) electrons. The first kappa shape index (κ1) is 34.6. The molecule has 0 aromatic heterocycles. The molecule has 0 aliphatic heterocycles. The molecule has 0 fully saturated rings. The van der Waals surface area contributed by atoms with Gasteiger partial charge < -0.3 is 43.4 Å². The summed E-state index contributed by atoms with van der Waals surface area (Å²) in [6.45, 7) is 4.06. The quantitative estimate of drug-likeness (QED) is 0.0702. The van der Waals surface area contributed by atoms with Crippen LogP contribution >= 0.6 is 0 Å². The van der Waals surface area contributed by atoms with Crippen LogP contribution in [0.1, 0.15) is 44.2 Å². The summed E-state index contributed by atoms with van der Waals surface area (Å²) >= 11 is 0. The Bertz CT molecular complexity index is 1230. The van der Waals surface area contributed by atoms with E-state index in [-0.39, 0.29) is 43.4 Å². The number of carboxylic acid groups (broad SMARTS) is 1. The molecule has 0 saturated carbocycles. The highest BCUT2D eigenvalue weighted by Crippen LogP contribution is 2.12. The third-order valence-corrected chi connectivity index (χ3v) is 6.55. The van der Waals surface area contributed by atoms with Gasteiger partial charge >= 0.3 is 5.97 Å². The number of aromatic hydroxyl groups is 1. The summed E-state index contributed by atoms with van der Waals surface area (Å²) in [4.78, 5) is 55.8. The number of hydrogen-bond donors (Lipinski definition) is 8. The number of phenols is 1. The molecule has 3 amide bonds. The van der Waals surface area contributed by atoms with Crippen LogP contribution in [-0.4, -0.2) is 70.6 Å². The largest absolute Gasteiger partial charge is 0.508 e. The van der Waals surface area contributed by atoms with Crippen molar-refractivity contribution in [3.05, 3.63) is 65.7 Å². The van der Waals surface area contributed by atoms with Crippen LogP contribution in [0.15, 0.2) is 59.6 Å². The van der Waals surface area contributed by atoms with Gasteiger partial charge in [-0.05, 0) is 48.4 Å². The van der Waals surface area contributed by atoms with Crippen LogP contribution in [0.25, 0.3) is 0 Å². The lowest BCUT2D eigenvalue weighted by atomic mass is 10.0. The molecule has 2 aromatic carbocycles. The number of carbonyl (C=O) groups is 4. The van der Waals surface area contributed by atoms with Crippen molar-refractivity contribution >= 4 is 29.7 Å². The van der Waals surface area contributed by atoms with Gasteiger partial charge in [-0.3, -0.25) is 19.4 Å². The predicted molar refractivity (Wildman–Crippen MR) is 163 cm³/mol. The molecule has 0 spiro atoms. The average Bonchev–Trinajstić information content (AvgIpc) is 2.94. The fraction of sp³-hybridized carbons (Fsp3) is 0.433. The third-order valence-electron chi connectivity index (χ3n) is 6.55. The first-order chi connectivity index (χ1) is 20.3. The Kier molecular flexibility index (Phi) is 13.9. The van der Waals surface area contributed by atoms with Gasteiger partial charge in [0.2, 0.25) is 17.7 Å². The molecule has 4 atom stereocenters. The van der Waals surface area contributed by atoms with Gasteiger partial charge in [-0.15, -0.1) is 0 Å². The second kappa shape index (κ2) is 17.3. The summed E-state index contributed by atoms with van der Waals surface area (Å²) in [5.41, 5.74) is 18.1. The molecule has 234 valence electrons. The number of nitrogens with one attached hydrogen (secondary N) is 3. The number of guanidine groups is 1. The summed E-state index contributed by atoms with van der Waals surface area (Å²) in [6, 6.07) is 10.5. The highest BCUT2D eigenvalue weighted by atomic mass is 16.4. The van der Waals surface area contributed by atoms with Gasteiger partial charge in [0.15, 0.2) is 5.96 Å². The van der Waals surface area contributed by atoms with Crippen molar-refractivity contribution in [1.29, 1.82) is 0 Å². The zero-order valence-electron chi connectivity index (χ0n) is 24.5. The van der Waals surface area contributed by atoms with Crippen LogP contribution in [0.2, 0.25) is 0 Å². The second-order valence-electron chi connectivity index (χ2n) is 10.8. The zero-order valence-corrected chi connectivity index (χ0v) is 24.5. The normalized spacial score (nSPS) is 13.7. The average molecular weight is 598 g/mol. The first-order valence-corrected chi connectivity index (χ1v) is 14.1. The van der Waals surface area contributed by atoms with Crippen LogP contribution in [-0.2, 0) is 32.0 Å². The molecule has 11 N–H and O–H groups in total. The van der Waals surface area contributed by atoms with E-state index in [9.17, 15) is 29.4 Å². The number of hydrogen-bond acceptors (Lipinski definition) is 7. The Hall–Kier alpha value is -4.65. The van der Waals surface area contributed by atoms with Crippen LogP contribution < -0.4 is 33.2 Å². The van der Waals surface area contributed by atoms with E-state index < -0.39 is 47.9 Å². The SMILES string of the molecule is CC(C)CC(N)C(=O)NC(CCCN=C(N)N)C(=O)NC(Cc1ccccc1)C(=O)NC(Cc1ccc(O)cc1)C(=O)O. The molecule has 0 bridgehead atoms. The minimum Gasteiger partial charge on any atom is -0.508 e. The van der Waals surface area contributed by atoms with Crippen molar-refractivity contribution in [1.82, 2.24) is 16.0 Å². The third kappa shape index (κ3) is 12.8. The Morgan fingerprint density at radius 1 is 0.791 bits per heavy atom. The minimum atomic E-state index is -1.31. The van der Waals surface area contributed by atoms with Crippen LogP contribution in [0.3, 0.4) is 0 Å². The Morgan fingerprint density at radius 3 is 1.91 bits per heavy atom. The highest BCUT2D eigenvalue weighted by Gasteiger charge is 2.30. The van der Waals surface area contributed by atoms with Gasteiger partial charge in [-0.2, -0.15) is 0 Å². The Balaban J connectivity index is 2.26. The summed E-state index contributed by atoms with van der Waals surface area (Å²) in [5.74, 6) is -3.08. The van der Waals surface area contributed by atoms with Gasteiger partial charge in [0, 0.05) is 19.4 Å². The number of rotatable bonds is 17. The molecular weight excluding hydrogens is 554 g/mol. The lowest BCUT2D eigenvalue weighted by molar-refractivity contribution is -0.142. The van der Waals surface area contributed by atoms with Crippen molar-refractivity contribution in [2.45, 2.75) is 70.1 Å². The summed E-state index contributed by atoms with van der Waals surface area (Å²) in [7, 11) is 0. The molecule has 13 nitrogen and oxygen atoms in total. The van der Waals surface area contributed by atoms with E-state index in [4.69, 9.17) is 17.2 Å². The summed E-state index contributed by atoms with van der Waals surface area (Å²) < 4.78 is 0. The molecule has 0 aliphatic carbocycles. The number of aliphatic imine (C=N–C) groups is 1. The molecule has 0 aliphatic rings. The number of nitrogens with two attached hydrogens (primary N) is 3. The molecular formula is C30H43N7O6. The van der Waals surface area contributed by atoms with E-state index in [2.05, 4.69) is 20.9 Å². The van der Waals surface area contributed by atoms with Crippen LogP contribution in [0.4, 0.5) is 0 Å². The molecule has 2 aromatic rings. The smallest absolute Gasteiger partial charge is 0.326 e. The standard InChI is InChI=1S/C30H43N7O6/c1-18(2)15-22(31)26(39)35-23(9-6-14-34-30(32)33)27(40)36-24(16-19-7-4-3-5-8-19)28(41)37-25(29(42)43)17-20-10-12-21(38)13-11-20/h3-5,7-8,10-13,18,22-25,38H,6,9,14-17,31H2,1-2H3,(H,35,39)(H,36,40)(H,37,41)(H,42,43)(H4,32,33,34). The molecule has 13 heteroatoms. The van der Waals surface area contributed by atoms with Crippen molar-refractivity contribution in [3.63, 3.8) is 0 Å². The van der Waals surface area contributed by atoms with E-state index in [1.165, 1.54) is 12.1 Å². The van der Waals surface area contributed by atoms with Crippen molar-refractivity contribution in [2.24, 2.45) is 28.1 Å². The van der Waals surface area contributed by atoms with Gasteiger partial charge in [0.05, 0.1) is 6.04 Å². The second-order valence-corrected chi connectivity index (χ2v) is 10.8.